The minimum Gasteiger partial charge on any atom is -0.352 e. The molecule has 0 bridgehead atoms. The zero-order valence-corrected chi connectivity index (χ0v) is 12.2. The van der Waals surface area contributed by atoms with Gasteiger partial charge in [0, 0.05) is 6.54 Å². The van der Waals surface area contributed by atoms with Gasteiger partial charge in [-0.15, -0.1) is 0 Å². The first-order chi connectivity index (χ1) is 9.90. The highest BCUT2D eigenvalue weighted by atomic mass is 15.5. The zero-order chi connectivity index (χ0) is 13.8. The molecular weight excluding hydrogens is 246 g/mol. The Balaban J connectivity index is 1.83. The topological polar surface area (TPSA) is 27.3 Å². The number of anilines is 2. The molecule has 2 aliphatic rings. The predicted molar refractivity (Wildman–Crippen MR) is 85.5 cm³/mol. The van der Waals surface area contributed by atoms with Gasteiger partial charge in [-0.1, -0.05) is 38.0 Å². The molecule has 3 rings (SSSR count). The molecule has 2 N–H and O–H groups in total. The largest absolute Gasteiger partial charge is 0.352 e. The second kappa shape index (κ2) is 6.14. The first-order valence-electron chi connectivity index (χ1n) is 7.69. The van der Waals surface area contributed by atoms with Crippen LogP contribution >= 0.6 is 0 Å². The van der Waals surface area contributed by atoms with E-state index in [1.807, 2.05) is 0 Å². The summed E-state index contributed by atoms with van der Waals surface area (Å²) in [6, 6.07) is 8.50. The molecule has 1 heterocycles. The highest BCUT2D eigenvalue weighted by molar-refractivity contribution is 5.78. The number of para-hydroxylation sites is 2. The number of unbranched alkanes of at least 4 members (excludes halogenated alkanes) is 2. The molecule has 3 nitrogen and oxygen atoms in total. The molecular formula is C17H23N3. The smallest absolute Gasteiger partial charge is 0.0809 e. The molecule has 20 heavy (non-hydrogen) atoms. The van der Waals surface area contributed by atoms with Crippen molar-refractivity contribution in [2.45, 2.75) is 39.0 Å². The minimum atomic E-state index is 1.03. The summed E-state index contributed by atoms with van der Waals surface area (Å²) in [5.41, 5.74) is 8.63. The van der Waals surface area contributed by atoms with E-state index in [1.54, 1.807) is 0 Å². The van der Waals surface area contributed by atoms with Crippen molar-refractivity contribution in [2.24, 2.45) is 0 Å². The maximum Gasteiger partial charge on any atom is 0.0809 e. The van der Waals surface area contributed by atoms with Gasteiger partial charge in [-0.2, -0.15) is 0 Å². The molecule has 0 unspecified atom stereocenters. The third-order valence-electron chi connectivity index (χ3n) is 3.88. The lowest BCUT2D eigenvalue weighted by Gasteiger charge is -2.36. The molecule has 0 saturated heterocycles. The van der Waals surface area contributed by atoms with Crippen molar-refractivity contribution < 1.29 is 0 Å². The molecule has 0 atom stereocenters. The lowest BCUT2D eigenvalue weighted by molar-refractivity contribution is 0.597. The van der Waals surface area contributed by atoms with Gasteiger partial charge in [0.1, 0.15) is 0 Å². The second-order valence-electron chi connectivity index (χ2n) is 5.39. The maximum atomic E-state index is 3.61. The Morgan fingerprint density at radius 2 is 2.15 bits per heavy atom. The summed E-state index contributed by atoms with van der Waals surface area (Å²) in [5.74, 6) is 0. The van der Waals surface area contributed by atoms with Crippen molar-refractivity contribution in [1.82, 2.24) is 5.43 Å². The molecule has 3 heteroatoms. The molecule has 0 spiro atoms. The number of rotatable bonds is 5. The molecule has 0 saturated carbocycles. The second-order valence-corrected chi connectivity index (χ2v) is 5.39. The predicted octanol–water partition coefficient (Wildman–Crippen LogP) is 4.17. The van der Waals surface area contributed by atoms with Gasteiger partial charge in [0.15, 0.2) is 0 Å². The molecule has 1 aromatic carbocycles. The fourth-order valence-electron chi connectivity index (χ4n) is 2.81. The lowest BCUT2D eigenvalue weighted by Crippen LogP contribution is -2.42. The van der Waals surface area contributed by atoms with Crippen molar-refractivity contribution in [3.8, 4) is 0 Å². The Morgan fingerprint density at radius 3 is 3.05 bits per heavy atom. The number of hydrazine groups is 1. The number of allylic oxidation sites excluding steroid dienone is 3. The van der Waals surface area contributed by atoms with E-state index in [9.17, 15) is 0 Å². The number of hydrogen-bond acceptors (Lipinski definition) is 3. The van der Waals surface area contributed by atoms with Crippen LogP contribution in [0.2, 0.25) is 0 Å². The average molecular weight is 269 g/mol. The quantitative estimate of drug-likeness (QED) is 0.785. The lowest BCUT2D eigenvalue weighted by atomic mass is 10.0. The van der Waals surface area contributed by atoms with E-state index in [1.165, 1.54) is 42.0 Å². The summed E-state index contributed by atoms with van der Waals surface area (Å²) < 4.78 is 0. The van der Waals surface area contributed by atoms with Gasteiger partial charge in [-0.25, -0.2) is 5.43 Å². The summed E-state index contributed by atoms with van der Waals surface area (Å²) in [4.78, 5) is 0. The number of hydrogen-bond donors (Lipinski definition) is 2. The van der Waals surface area contributed by atoms with Crippen molar-refractivity contribution in [1.29, 1.82) is 0 Å². The van der Waals surface area contributed by atoms with Crippen LogP contribution in [0, 0.1) is 0 Å². The number of nitrogens with zero attached hydrogens (tertiary/aromatic N) is 1. The van der Waals surface area contributed by atoms with Crippen LogP contribution in [0.15, 0.2) is 47.8 Å². The van der Waals surface area contributed by atoms with Crippen molar-refractivity contribution in [3.63, 3.8) is 0 Å². The van der Waals surface area contributed by atoms with Crippen LogP contribution in [0.25, 0.3) is 0 Å². The van der Waals surface area contributed by atoms with E-state index in [2.05, 4.69) is 59.1 Å². The Bertz CT molecular complexity index is 531. The summed E-state index contributed by atoms with van der Waals surface area (Å²) in [6.07, 6.45) is 10.4. The van der Waals surface area contributed by atoms with Gasteiger partial charge in [0.05, 0.1) is 22.8 Å². The first kappa shape index (κ1) is 13.3. The monoisotopic (exact) mass is 269 g/mol. The van der Waals surface area contributed by atoms with E-state index in [4.69, 9.17) is 0 Å². The Hall–Kier alpha value is -1.74. The van der Waals surface area contributed by atoms with E-state index in [-0.39, 0.29) is 0 Å². The summed E-state index contributed by atoms with van der Waals surface area (Å²) in [7, 11) is 0. The zero-order valence-electron chi connectivity index (χ0n) is 12.2. The third kappa shape index (κ3) is 2.59. The van der Waals surface area contributed by atoms with Gasteiger partial charge in [0.25, 0.3) is 0 Å². The molecule has 1 aliphatic carbocycles. The molecule has 0 radical (unpaired) electrons. The minimum absolute atomic E-state index is 1.03. The van der Waals surface area contributed by atoms with Gasteiger partial charge >= 0.3 is 0 Å². The standard InChI is InChI=1S/C17H23N3/c1-2-3-8-13-18-20-16-11-6-4-9-14(16)19-15-10-5-7-12-17(15)20/h4-6,9-11,18-19H,2-3,7-8,12-13H2,1H3. The molecule has 1 aliphatic heterocycles. The third-order valence-corrected chi connectivity index (χ3v) is 3.88. The summed E-state index contributed by atoms with van der Waals surface area (Å²) in [6.45, 7) is 3.27. The highest BCUT2D eigenvalue weighted by Gasteiger charge is 2.24. The molecule has 0 aromatic heterocycles. The highest BCUT2D eigenvalue weighted by Crippen LogP contribution is 2.37. The van der Waals surface area contributed by atoms with Crippen LogP contribution in [0.5, 0.6) is 0 Å². The van der Waals surface area contributed by atoms with Crippen LogP contribution in [0.3, 0.4) is 0 Å². The number of benzene rings is 1. The molecule has 1 aromatic rings. The number of nitrogens with one attached hydrogen (secondary N) is 2. The Kier molecular flexibility index (Phi) is 4.07. The van der Waals surface area contributed by atoms with E-state index in [0.29, 0.717) is 0 Å². The van der Waals surface area contributed by atoms with E-state index in [0.717, 1.165) is 19.4 Å². The first-order valence-corrected chi connectivity index (χ1v) is 7.69. The fourth-order valence-corrected chi connectivity index (χ4v) is 2.81. The van der Waals surface area contributed by atoms with E-state index < -0.39 is 0 Å². The van der Waals surface area contributed by atoms with Gasteiger partial charge < -0.3 is 5.32 Å². The molecule has 106 valence electrons. The summed E-state index contributed by atoms with van der Waals surface area (Å²) >= 11 is 0. The Labute approximate surface area is 121 Å². The van der Waals surface area contributed by atoms with Crippen LogP contribution in [0.1, 0.15) is 39.0 Å². The average Bonchev–Trinajstić information content (AvgIpc) is 2.50. The Morgan fingerprint density at radius 1 is 1.25 bits per heavy atom. The van der Waals surface area contributed by atoms with Crippen molar-refractivity contribution in [3.05, 3.63) is 47.8 Å². The van der Waals surface area contributed by atoms with Crippen LogP contribution < -0.4 is 15.8 Å². The molecule has 0 fully saturated rings. The molecule has 0 amide bonds. The fraction of sp³-hybridized carbons (Fsp3) is 0.412. The van der Waals surface area contributed by atoms with Gasteiger partial charge in [0.2, 0.25) is 0 Å². The maximum absolute atomic E-state index is 3.61. The summed E-state index contributed by atoms with van der Waals surface area (Å²) in [5, 5.41) is 5.83. The van der Waals surface area contributed by atoms with Gasteiger partial charge in [-0.05, 0) is 37.5 Å². The van der Waals surface area contributed by atoms with Crippen molar-refractivity contribution in [2.75, 3.05) is 16.9 Å². The van der Waals surface area contributed by atoms with Crippen LogP contribution in [-0.2, 0) is 0 Å². The van der Waals surface area contributed by atoms with Gasteiger partial charge in [-0.3, -0.25) is 5.01 Å². The van der Waals surface area contributed by atoms with Crippen LogP contribution in [0.4, 0.5) is 11.4 Å². The normalized spacial score (nSPS) is 16.8. The SMILES string of the molecule is CCCCCNN1C2=C(C=CCC2)Nc2ccccc21. The number of fused-ring (bicyclic) bond motifs is 1. The van der Waals surface area contributed by atoms with E-state index >= 15 is 0 Å². The van der Waals surface area contributed by atoms with Crippen LogP contribution in [-0.4, -0.2) is 6.54 Å². The van der Waals surface area contributed by atoms with Crippen molar-refractivity contribution >= 4 is 11.4 Å².